The Bertz CT molecular complexity index is 1190. The Morgan fingerprint density at radius 3 is 2.85 bits per heavy atom. The van der Waals surface area contributed by atoms with Gasteiger partial charge in [0.25, 0.3) is 5.91 Å². The topological polar surface area (TPSA) is 123 Å². The van der Waals surface area contributed by atoms with Crippen LogP contribution in [-0.2, 0) is 11.2 Å². The van der Waals surface area contributed by atoms with Crippen molar-refractivity contribution in [2.75, 3.05) is 31.0 Å². The summed E-state index contributed by atoms with van der Waals surface area (Å²) in [6.45, 7) is 4.29. The summed E-state index contributed by atoms with van der Waals surface area (Å²) in [5, 5.41) is 20.0. The largest absolute Gasteiger partial charge is 0.493 e. The molecule has 3 heterocycles. The smallest absolute Gasteiger partial charge is 0.255 e. The lowest BCUT2D eigenvalue weighted by Crippen LogP contribution is -2.31. The molecule has 0 spiro atoms. The number of pyridine rings is 1. The number of anilines is 2. The van der Waals surface area contributed by atoms with Gasteiger partial charge in [-0.15, -0.1) is 0 Å². The summed E-state index contributed by atoms with van der Waals surface area (Å²) in [5.74, 6) is 2.01. The monoisotopic (exact) mass is 464 g/mol. The molecule has 10 nitrogen and oxygen atoms in total. The molecule has 2 aromatic heterocycles. The Labute approximate surface area is 197 Å². The van der Waals surface area contributed by atoms with Crippen LogP contribution < -0.4 is 20.1 Å². The summed E-state index contributed by atoms with van der Waals surface area (Å²) in [5.41, 5.74) is 2.52. The van der Waals surface area contributed by atoms with E-state index < -0.39 is 6.04 Å². The molecule has 4 rings (SSSR count). The van der Waals surface area contributed by atoms with E-state index in [-0.39, 0.29) is 12.5 Å². The number of aliphatic hydroxyl groups excluding tert-OH is 1. The highest BCUT2D eigenvalue weighted by atomic mass is 16.5. The molecule has 10 heteroatoms. The van der Waals surface area contributed by atoms with Gasteiger partial charge in [0.1, 0.15) is 6.04 Å². The minimum absolute atomic E-state index is 0.0485. The molecule has 1 amide bonds. The van der Waals surface area contributed by atoms with E-state index in [1.807, 2.05) is 32.0 Å². The number of nitrogens with zero attached hydrogens (tertiary/aromatic N) is 4. The predicted molar refractivity (Wildman–Crippen MR) is 127 cm³/mol. The number of ether oxygens (including phenoxy) is 2. The predicted octanol–water partition coefficient (Wildman–Crippen LogP) is 2.93. The molecule has 0 saturated heterocycles. The molecule has 1 aliphatic heterocycles. The number of aromatic nitrogens is 4. The van der Waals surface area contributed by atoms with Gasteiger partial charge in [0.2, 0.25) is 5.95 Å². The molecule has 34 heavy (non-hydrogen) atoms. The number of aliphatic hydroxyl groups is 1. The van der Waals surface area contributed by atoms with Crippen LogP contribution in [0.25, 0.3) is 0 Å². The van der Waals surface area contributed by atoms with Crippen molar-refractivity contribution in [2.24, 2.45) is 0 Å². The Morgan fingerprint density at radius 2 is 2.15 bits per heavy atom. The van der Waals surface area contributed by atoms with Gasteiger partial charge in [-0.2, -0.15) is 10.1 Å². The zero-order valence-corrected chi connectivity index (χ0v) is 19.4. The molecule has 3 aromatic rings. The number of fused-ring (bicyclic) bond motifs is 1. The lowest BCUT2D eigenvalue weighted by Gasteiger charge is -2.29. The number of hydrogen-bond donors (Lipinski definition) is 3. The van der Waals surface area contributed by atoms with Gasteiger partial charge in [0, 0.05) is 24.9 Å². The number of aryl methyl sites for hydroxylation is 1. The molecule has 0 fully saturated rings. The second kappa shape index (κ2) is 10.3. The van der Waals surface area contributed by atoms with Gasteiger partial charge in [0.05, 0.1) is 31.2 Å². The number of allylic oxidation sites excluding steroid dienone is 1. The van der Waals surface area contributed by atoms with E-state index >= 15 is 0 Å². The SMILES string of the molecule is CCOc1ccc(C2C(C(=O)Nc3cccnc3)=C(C)Nc3nc(CCCO)nn32)cc1OC. The van der Waals surface area contributed by atoms with Gasteiger partial charge in [-0.25, -0.2) is 4.68 Å². The van der Waals surface area contributed by atoms with Crippen LogP contribution in [0, 0.1) is 0 Å². The molecule has 1 unspecified atom stereocenters. The van der Waals surface area contributed by atoms with Gasteiger partial charge < -0.3 is 25.2 Å². The third-order valence-corrected chi connectivity index (χ3v) is 5.42. The molecule has 0 saturated carbocycles. The van der Waals surface area contributed by atoms with Gasteiger partial charge in [-0.3, -0.25) is 9.78 Å². The van der Waals surface area contributed by atoms with Crippen LogP contribution in [0.4, 0.5) is 11.6 Å². The summed E-state index contributed by atoms with van der Waals surface area (Å²) < 4.78 is 12.9. The number of rotatable bonds is 9. The first-order valence-corrected chi connectivity index (χ1v) is 11.1. The van der Waals surface area contributed by atoms with Crippen molar-refractivity contribution >= 4 is 17.5 Å². The molecule has 1 atom stereocenters. The van der Waals surface area contributed by atoms with E-state index in [0.29, 0.717) is 59.7 Å². The Kier molecular flexibility index (Phi) is 7.07. The zero-order chi connectivity index (χ0) is 24.1. The van der Waals surface area contributed by atoms with Gasteiger partial charge in [-0.05, 0) is 50.1 Å². The number of amides is 1. The molecule has 0 aliphatic carbocycles. The summed E-state index contributed by atoms with van der Waals surface area (Å²) in [6.07, 6.45) is 4.30. The molecule has 1 aliphatic rings. The van der Waals surface area contributed by atoms with Crippen LogP contribution >= 0.6 is 0 Å². The third kappa shape index (κ3) is 4.72. The first kappa shape index (κ1) is 23.2. The van der Waals surface area contributed by atoms with Crippen LogP contribution in [0.1, 0.15) is 37.7 Å². The number of methoxy groups -OCH3 is 1. The average Bonchev–Trinajstić information content (AvgIpc) is 3.25. The van der Waals surface area contributed by atoms with Crippen molar-refractivity contribution < 1.29 is 19.4 Å². The fourth-order valence-corrected chi connectivity index (χ4v) is 3.90. The van der Waals surface area contributed by atoms with Crippen molar-refractivity contribution in [3.05, 3.63) is 65.4 Å². The molecule has 178 valence electrons. The number of carbonyl (C=O) groups is 1. The van der Waals surface area contributed by atoms with E-state index in [2.05, 4.69) is 25.7 Å². The van der Waals surface area contributed by atoms with Crippen LogP contribution in [0.5, 0.6) is 11.5 Å². The third-order valence-electron chi connectivity index (χ3n) is 5.42. The average molecular weight is 465 g/mol. The Morgan fingerprint density at radius 1 is 1.29 bits per heavy atom. The minimum Gasteiger partial charge on any atom is -0.493 e. The van der Waals surface area contributed by atoms with Crippen molar-refractivity contribution in [2.45, 2.75) is 32.7 Å². The van der Waals surface area contributed by atoms with Gasteiger partial charge >= 0.3 is 0 Å². The van der Waals surface area contributed by atoms with Gasteiger partial charge in [0.15, 0.2) is 17.3 Å². The number of nitrogens with one attached hydrogen (secondary N) is 2. The van der Waals surface area contributed by atoms with E-state index in [4.69, 9.17) is 9.47 Å². The molecule has 1 aromatic carbocycles. The Hall–Kier alpha value is -3.92. The summed E-state index contributed by atoms with van der Waals surface area (Å²) >= 11 is 0. The highest BCUT2D eigenvalue weighted by Gasteiger charge is 2.35. The number of benzene rings is 1. The summed E-state index contributed by atoms with van der Waals surface area (Å²) in [6, 6.07) is 8.55. The fourth-order valence-electron chi connectivity index (χ4n) is 3.90. The highest BCUT2D eigenvalue weighted by Crippen LogP contribution is 2.39. The van der Waals surface area contributed by atoms with Crippen molar-refractivity contribution in [1.29, 1.82) is 0 Å². The lowest BCUT2D eigenvalue weighted by atomic mass is 9.94. The van der Waals surface area contributed by atoms with Crippen LogP contribution in [0.2, 0.25) is 0 Å². The van der Waals surface area contributed by atoms with E-state index in [9.17, 15) is 9.90 Å². The van der Waals surface area contributed by atoms with Crippen LogP contribution in [-0.4, -0.2) is 51.1 Å². The van der Waals surface area contributed by atoms with Crippen LogP contribution in [0.3, 0.4) is 0 Å². The summed E-state index contributed by atoms with van der Waals surface area (Å²) in [4.78, 5) is 22.1. The quantitative estimate of drug-likeness (QED) is 0.442. The Balaban J connectivity index is 1.79. The molecular weight excluding hydrogens is 436 g/mol. The van der Waals surface area contributed by atoms with Gasteiger partial charge in [-0.1, -0.05) is 6.07 Å². The van der Waals surface area contributed by atoms with E-state index in [0.717, 1.165) is 5.56 Å². The molecule has 0 bridgehead atoms. The van der Waals surface area contributed by atoms with E-state index in [1.165, 1.54) is 0 Å². The van der Waals surface area contributed by atoms with Crippen molar-refractivity contribution in [1.82, 2.24) is 19.7 Å². The normalized spacial score (nSPS) is 14.9. The number of hydrogen-bond acceptors (Lipinski definition) is 8. The second-order valence-corrected chi connectivity index (χ2v) is 7.73. The maximum absolute atomic E-state index is 13.5. The first-order valence-electron chi connectivity index (χ1n) is 11.1. The zero-order valence-electron chi connectivity index (χ0n) is 19.4. The number of carbonyl (C=O) groups excluding carboxylic acids is 1. The molecular formula is C24H28N6O4. The second-order valence-electron chi connectivity index (χ2n) is 7.73. The van der Waals surface area contributed by atoms with E-state index in [1.54, 1.807) is 36.3 Å². The minimum atomic E-state index is -0.562. The maximum atomic E-state index is 13.5. The highest BCUT2D eigenvalue weighted by molar-refractivity contribution is 6.05. The van der Waals surface area contributed by atoms with Crippen molar-refractivity contribution in [3.8, 4) is 11.5 Å². The summed E-state index contributed by atoms with van der Waals surface area (Å²) in [7, 11) is 1.58. The van der Waals surface area contributed by atoms with Crippen LogP contribution in [0.15, 0.2) is 54.0 Å². The fraction of sp³-hybridized carbons (Fsp3) is 0.333. The standard InChI is InChI=1S/C24H28N6O4/c1-4-34-18-10-9-16(13-19(18)33-3)22-21(23(32)27-17-7-5-11-25-14-17)15(2)26-24-28-20(8-6-12-31)29-30(22)24/h5,7,9-11,13-14,22,31H,4,6,8,12H2,1-3H3,(H,27,32)(H,26,28,29). The lowest BCUT2D eigenvalue weighted by molar-refractivity contribution is -0.113. The molecule has 3 N–H and O–H groups in total. The van der Waals surface area contributed by atoms with Crippen molar-refractivity contribution in [3.63, 3.8) is 0 Å². The first-order chi connectivity index (χ1) is 16.5. The maximum Gasteiger partial charge on any atom is 0.255 e. The molecule has 0 radical (unpaired) electrons.